The number of hydrogen-bond donors (Lipinski definition) is 1. The molecule has 1 heterocycles. The Bertz CT molecular complexity index is 445. The van der Waals surface area contributed by atoms with E-state index in [9.17, 15) is 0 Å². The highest BCUT2D eigenvalue weighted by Gasteiger charge is 2.23. The zero-order valence-corrected chi connectivity index (χ0v) is 13.6. The molecule has 0 amide bonds. The van der Waals surface area contributed by atoms with Gasteiger partial charge in [-0.25, -0.2) is 0 Å². The molecule has 1 aromatic carbocycles. The SMILES string of the molecule is CCCNC(CCC(C)C)c1cc(Cl)cc2c1OCC2. The Morgan fingerprint density at radius 1 is 1.30 bits per heavy atom. The van der Waals surface area contributed by atoms with Gasteiger partial charge < -0.3 is 10.1 Å². The number of fused-ring (bicyclic) bond motifs is 1. The largest absolute Gasteiger partial charge is 0.493 e. The molecule has 0 saturated heterocycles. The molecule has 112 valence electrons. The summed E-state index contributed by atoms with van der Waals surface area (Å²) in [5.74, 6) is 1.79. The number of nitrogens with one attached hydrogen (secondary N) is 1. The summed E-state index contributed by atoms with van der Waals surface area (Å²) in [5.41, 5.74) is 2.51. The lowest BCUT2D eigenvalue weighted by Gasteiger charge is -2.22. The van der Waals surface area contributed by atoms with Gasteiger partial charge in [0.05, 0.1) is 6.61 Å². The van der Waals surface area contributed by atoms with Gasteiger partial charge in [0.15, 0.2) is 0 Å². The van der Waals surface area contributed by atoms with E-state index < -0.39 is 0 Å². The van der Waals surface area contributed by atoms with Gasteiger partial charge in [-0.2, -0.15) is 0 Å². The van der Waals surface area contributed by atoms with Crippen molar-refractivity contribution in [3.05, 3.63) is 28.3 Å². The molecule has 0 aromatic heterocycles. The van der Waals surface area contributed by atoms with E-state index >= 15 is 0 Å². The first-order valence-corrected chi connectivity index (χ1v) is 8.18. The Kier molecular flexibility index (Phi) is 5.74. The summed E-state index contributed by atoms with van der Waals surface area (Å²) < 4.78 is 5.85. The van der Waals surface area contributed by atoms with Crippen LogP contribution in [0, 0.1) is 5.92 Å². The van der Waals surface area contributed by atoms with E-state index in [-0.39, 0.29) is 0 Å². The van der Waals surface area contributed by atoms with Crippen molar-refractivity contribution in [3.63, 3.8) is 0 Å². The molecule has 3 heteroatoms. The van der Waals surface area contributed by atoms with Gasteiger partial charge in [-0.05, 0) is 49.4 Å². The third-order valence-electron chi connectivity index (χ3n) is 3.83. The second kappa shape index (κ2) is 7.33. The Hall–Kier alpha value is -0.730. The minimum atomic E-state index is 0.350. The van der Waals surface area contributed by atoms with Crippen molar-refractivity contribution in [2.75, 3.05) is 13.2 Å². The molecular weight excluding hydrogens is 270 g/mol. The van der Waals surface area contributed by atoms with E-state index in [0.29, 0.717) is 12.0 Å². The minimum absolute atomic E-state index is 0.350. The molecular formula is C17H26ClNO. The molecule has 20 heavy (non-hydrogen) atoms. The van der Waals surface area contributed by atoms with Crippen LogP contribution in [0.3, 0.4) is 0 Å². The van der Waals surface area contributed by atoms with Gasteiger partial charge in [0, 0.05) is 23.0 Å². The first-order valence-electron chi connectivity index (χ1n) is 7.80. The van der Waals surface area contributed by atoms with Crippen LogP contribution in [0.4, 0.5) is 0 Å². The Balaban J connectivity index is 2.23. The molecule has 0 radical (unpaired) electrons. The predicted molar refractivity (Wildman–Crippen MR) is 85.8 cm³/mol. The van der Waals surface area contributed by atoms with Gasteiger partial charge in [0.2, 0.25) is 0 Å². The van der Waals surface area contributed by atoms with Crippen molar-refractivity contribution in [1.29, 1.82) is 0 Å². The lowest BCUT2D eigenvalue weighted by Crippen LogP contribution is -2.23. The molecule has 2 nitrogen and oxygen atoms in total. The van der Waals surface area contributed by atoms with Crippen LogP contribution in [-0.2, 0) is 6.42 Å². The molecule has 0 spiro atoms. The van der Waals surface area contributed by atoms with E-state index in [4.69, 9.17) is 16.3 Å². The van der Waals surface area contributed by atoms with E-state index in [0.717, 1.165) is 43.2 Å². The van der Waals surface area contributed by atoms with Gasteiger partial charge in [0.25, 0.3) is 0 Å². The van der Waals surface area contributed by atoms with Crippen LogP contribution in [0.2, 0.25) is 5.02 Å². The van der Waals surface area contributed by atoms with Crippen LogP contribution in [-0.4, -0.2) is 13.2 Å². The molecule has 1 aromatic rings. The highest BCUT2D eigenvalue weighted by Crippen LogP contribution is 2.38. The van der Waals surface area contributed by atoms with Gasteiger partial charge in [0.1, 0.15) is 5.75 Å². The van der Waals surface area contributed by atoms with Crippen LogP contribution in [0.5, 0.6) is 5.75 Å². The van der Waals surface area contributed by atoms with Crippen molar-refractivity contribution in [3.8, 4) is 5.75 Å². The van der Waals surface area contributed by atoms with Gasteiger partial charge in [-0.15, -0.1) is 0 Å². The molecule has 1 unspecified atom stereocenters. The molecule has 1 atom stereocenters. The van der Waals surface area contributed by atoms with Crippen LogP contribution in [0.1, 0.15) is 57.2 Å². The van der Waals surface area contributed by atoms with Crippen molar-refractivity contribution in [2.45, 2.75) is 52.5 Å². The normalized spacial score (nSPS) is 15.2. The van der Waals surface area contributed by atoms with Crippen LogP contribution in [0.25, 0.3) is 0 Å². The van der Waals surface area contributed by atoms with Crippen molar-refractivity contribution < 1.29 is 4.74 Å². The standard InChI is InChI=1S/C17H26ClNO/c1-4-8-19-16(6-5-12(2)3)15-11-14(18)10-13-7-9-20-17(13)15/h10-12,16,19H,4-9H2,1-3H3. The Labute approximate surface area is 127 Å². The quantitative estimate of drug-likeness (QED) is 0.783. The van der Waals surface area contributed by atoms with Crippen molar-refractivity contribution in [1.82, 2.24) is 5.32 Å². The van der Waals surface area contributed by atoms with Gasteiger partial charge in [-0.1, -0.05) is 32.4 Å². The van der Waals surface area contributed by atoms with Crippen molar-refractivity contribution >= 4 is 11.6 Å². The van der Waals surface area contributed by atoms with E-state index in [1.165, 1.54) is 17.5 Å². The fourth-order valence-corrected chi connectivity index (χ4v) is 2.99. The number of halogens is 1. The van der Waals surface area contributed by atoms with Crippen LogP contribution < -0.4 is 10.1 Å². The number of ether oxygens (including phenoxy) is 1. The maximum atomic E-state index is 6.29. The second-order valence-corrected chi connectivity index (χ2v) is 6.50. The van der Waals surface area contributed by atoms with E-state index in [2.05, 4.69) is 32.2 Å². The maximum Gasteiger partial charge on any atom is 0.127 e. The molecule has 1 aliphatic heterocycles. The molecule has 0 saturated carbocycles. The molecule has 1 aliphatic rings. The fourth-order valence-electron chi connectivity index (χ4n) is 2.74. The first-order chi connectivity index (χ1) is 9.61. The zero-order chi connectivity index (χ0) is 14.5. The molecule has 0 aliphatic carbocycles. The third kappa shape index (κ3) is 3.89. The van der Waals surface area contributed by atoms with Gasteiger partial charge in [-0.3, -0.25) is 0 Å². The lowest BCUT2D eigenvalue weighted by atomic mass is 9.95. The third-order valence-corrected chi connectivity index (χ3v) is 4.04. The average molecular weight is 296 g/mol. The van der Waals surface area contributed by atoms with Crippen LogP contribution >= 0.6 is 11.6 Å². The average Bonchev–Trinajstić information content (AvgIpc) is 2.86. The summed E-state index contributed by atoms with van der Waals surface area (Å²) in [7, 11) is 0. The Morgan fingerprint density at radius 2 is 2.10 bits per heavy atom. The molecule has 2 rings (SSSR count). The summed E-state index contributed by atoms with van der Waals surface area (Å²) >= 11 is 6.29. The maximum absolute atomic E-state index is 6.29. The van der Waals surface area contributed by atoms with E-state index in [1.807, 2.05) is 6.07 Å². The summed E-state index contributed by atoms with van der Waals surface area (Å²) in [6.07, 6.45) is 4.46. The monoisotopic (exact) mass is 295 g/mol. The highest BCUT2D eigenvalue weighted by atomic mass is 35.5. The molecule has 1 N–H and O–H groups in total. The topological polar surface area (TPSA) is 21.3 Å². The highest BCUT2D eigenvalue weighted by molar-refractivity contribution is 6.30. The molecule has 0 bridgehead atoms. The predicted octanol–water partition coefficient (Wildman–Crippen LogP) is 4.75. The summed E-state index contributed by atoms with van der Waals surface area (Å²) in [6.45, 7) is 8.56. The Morgan fingerprint density at radius 3 is 2.80 bits per heavy atom. The summed E-state index contributed by atoms with van der Waals surface area (Å²) in [5, 5.41) is 4.49. The lowest BCUT2D eigenvalue weighted by molar-refractivity contribution is 0.344. The number of benzene rings is 1. The van der Waals surface area contributed by atoms with Gasteiger partial charge >= 0.3 is 0 Å². The van der Waals surface area contributed by atoms with E-state index in [1.54, 1.807) is 0 Å². The van der Waals surface area contributed by atoms with Crippen LogP contribution in [0.15, 0.2) is 12.1 Å². The summed E-state index contributed by atoms with van der Waals surface area (Å²) in [4.78, 5) is 0. The fraction of sp³-hybridized carbons (Fsp3) is 0.647. The smallest absolute Gasteiger partial charge is 0.127 e. The minimum Gasteiger partial charge on any atom is -0.493 e. The first kappa shape index (κ1) is 15.7. The second-order valence-electron chi connectivity index (χ2n) is 6.06. The summed E-state index contributed by atoms with van der Waals surface area (Å²) in [6, 6.07) is 4.48. The number of rotatable bonds is 7. The zero-order valence-electron chi connectivity index (χ0n) is 12.8. The van der Waals surface area contributed by atoms with Crippen molar-refractivity contribution in [2.24, 2.45) is 5.92 Å². The molecule has 0 fully saturated rings. The number of hydrogen-bond acceptors (Lipinski definition) is 2.